The predicted molar refractivity (Wildman–Crippen MR) is 405 cm³/mol. The Morgan fingerprint density at radius 1 is 0.185 bits per heavy atom. The van der Waals surface area contributed by atoms with Crippen LogP contribution in [0.25, 0.3) is 0 Å². The maximum Gasteiger partial charge on any atom is 0.104 e. The summed E-state index contributed by atoms with van der Waals surface area (Å²) in [6.07, 6.45) is 59.0. The van der Waals surface area contributed by atoms with Crippen LogP contribution in [-0.2, 0) is 18.9 Å². The van der Waals surface area contributed by atoms with E-state index in [-0.39, 0.29) is 25.4 Å². The van der Waals surface area contributed by atoms with E-state index < -0.39 is 0 Å². The van der Waals surface area contributed by atoms with Crippen LogP contribution in [0, 0.1) is 94.7 Å². The molecule has 0 aromatic heterocycles. The molecule has 1 fully saturated rings. The van der Waals surface area contributed by atoms with E-state index >= 15 is 0 Å². The van der Waals surface area contributed by atoms with Crippen molar-refractivity contribution in [1.29, 1.82) is 0 Å². The summed E-state index contributed by atoms with van der Waals surface area (Å²) in [4.78, 5) is 0. The molecule has 0 aromatic carbocycles. The Morgan fingerprint density at radius 3 is 0.467 bits per heavy atom. The van der Waals surface area contributed by atoms with Gasteiger partial charge in [-0.2, -0.15) is 0 Å². The van der Waals surface area contributed by atoms with E-state index in [2.05, 4.69) is 111 Å². The quantitative estimate of drug-likeness (QED) is 0.287. The van der Waals surface area contributed by atoms with E-state index in [9.17, 15) is 10.2 Å². The molecule has 0 unspecified atom stereocenters. The molecule has 0 saturated carbocycles. The van der Waals surface area contributed by atoms with Crippen molar-refractivity contribution < 1.29 is 29.2 Å². The third-order valence-electron chi connectivity index (χ3n) is 23.5. The van der Waals surface area contributed by atoms with Crippen molar-refractivity contribution in [2.45, 2.75) is 406 Å². The summed E-state index contributed by atoms with van der Waals surface area (Å²) in [6, 6.07) is 0. The van der Waals surface area contributed by atoms with Crippen molar-refractivity contribution in [2.75, 3.05) is 52.9 Å². The van der Waals surface area contributed by atoms with Gasteiger partial charge >= 0.3 is 0 Å². The van der Waals surface area contributed by atoms with E-state index in [0.29, 0.717) is 36.9 Å². The fourth-order valence-electron chi connectivity index (χ4n) is 15.4. The Kier molecular flexibility index (Phi) is 59.2. The number of aliphatic hydroxyl groups is 2. The van der Waals surface area contributed by atoms with Crippen LogP contribution >= 0.6 is 0 Å². The van der Waals surface area contributed by atoms with Gasteiger partial charge in [-0.25, -0.2) is 0 Å². The Bertz CT molecular complexity index is 1410. The first-order valence-electron chi connectivity index (χ1n) is 41.8. The van der Waals surface area contributed by atoms with Crippen LogP contribution in [0.2, 0.25) is 0 Å². The summed E-state index contributed by atoms with van der Waals surface area (Å²) in [6.45, 7) is 43.7. The molecule has 1 rings (SSSR count). The second-order valence-electron chi connectivity index (χ2n) is 34.7. The van der Waals surface area contributed by atoms with Crippen molar-refractivity contribution in [2.24, 2.45) is 94.7 Å². The molecule has 2 N–H and O–H groups in total. The number of ether oxygens (including phenoxy) is 4. The van der Waals surface area contributed by atoms with Gasteiger partial charge in [0.1, 0.15) is 12.2 Å². The third kappa shape index (κ3) is 56.6. The molecule has 0 bridgehead atoms. The Morgan fingerprint density at radius 2 is 0.315 bits per heavy atom. The standard InChI is InChI=1S/C86H172O6/c1-69-29-17-33-73(5)41-25-49-81(13)57-61-89-67-85(65-87)91-63-59-83(15)51-27-43-75(7)35-19-31-71(3)39-23-47-79(11)55-56-80(12)48-24-40-72(4)32-20-36-76(8)44-28-52-84(16)60-64-92-86(66-88)68-90-62-58-82(14)50-26-42-74(6)34-18-30-70(2)38-22-46-78(10)54-53-77(9)45-21-37-69/h69-88H,17-68H2,1-16H3/t69-,70-,71-,72-,73+,74+,75+,76+,77-,78-,79-,80-,81+,82+,83+,84+,85-,86+/m0/s1. The summed E-state index contributed by atoms with van der Waals surface area (Å²) < 4.78 is 24.4. The lowest BCUT2D eigenvalue weighted by Crippen LogP contribution is -2.25. The molecule has 6 nitrogen and oxygen atoms in total. The Balaban J connectivity index is 2.51. The zero-order valence-corrected chi connectivity index (χ0v) is 65.7. The smallest absolute Gasteiger partial charge is 0.104 e. The van der Waals surface area contributed by atoms with Gasteiger partial charge in [-0.15, -0.1) is 0 Å². The first-order chi connectivity index (χ1) is 44.2. The largest absolute Gasteiger partial charge is 0.394 e. The predicted octanol–water partition coefficient (Wildman–Crippen LogP) is 26.1. The van der Waals surface area contributed by atoms with Crippen molar-refractivity contribution in [3.8, 4) is 0 Å². The summed E-state index contributed by atoms with van der Waals surface area (Å²) >= 11 is 0. The zero-order chi connectivity index (χ0) is 68.0. The minimum atomic E-state index is -0.204. The lowest BCUT2D eigenvalue weighted by atomic mass is 9.88. The summed E-state index contributed by atoms with van der Waals surface area (Å²) in [5.41, 5.74) is 0. The van der Waals surface area contributed by atoms with Gasteiger partial charge in [0.15, 0.2) is 0 Å². The molecule has 0 aliphatic carbocycles. The fourth-order valence-corrected chi connectivity index (χ4v) is 15.4. The van der Waals surface area contributed by atoms with Gasteiger partial charge in [0.05, 0.1) is 26.4 Å². The molecule has 1 aliphatic heterocycles. The number of hydrogen-bond donors (Lipinski definition) is 2. The van der Waals surface area contributed by atoms with Gasteiger partial charge in [0.25, 0.3) is 0 Å². The number of hydrogen-bond acceptors (Lipinski definition) is 6. The van der Waals surface area contributed by atoms with Crippen LogP contribution in [-0.4, -0.2) is 75.3 Å². The third-order valence-corrected chi connectivity index (χ3v) is 23.5. The molecule has 0 radical (unpaired) electrons. The minimum Gasteiger partial charge on any atom is -0.394 e. The van der Waals surface area contributed by atoms with Crippen LogP contribution < -0.4 is 0 Å². The first-order valence-corrected chi connectivity index (χ1v) is 41.8. The number of rotatable bonds is 2. The van der Waals surface area contributed by atoms with E-state index in [4.69, 9.17) is 18.9 Å². The molecular formula is C86H172O6. The molecule has 6 heteroatoms. The fraction of sp³-hybridized carbons (Fsp3) is 1.00. The average molecular weight is 1300 g/mol. The lowest BCUT2D eigenvalue weighted by molar-refractivity contribution is -0.0471. The van der Waals surface area contributed by atoms with Gasteiger partial charge in [-0.05, 0) is 120 Å². The lowest BCUT2D eigenvalue weighted by Gasteiger charge is -2.19. The number of aliphatic hydroxyl groups excluding tert-OH is 2. The highest BCUT2D eigenvalue weighted by atomic mass is 16.5. The SMILES string of the molecule is C[C@@H]1CCC[C@H](C)CCC[C@H](C)CC[C@@H](C)CCC[C@@H](C)CCC[C@@H](C)CCC[C@@H](C)CCOC[C@H](CO)OCC[C@H](C)CCC[C@H](C)CCC[C@H](C)CCC[C@H](C)CC[C@@H](C)CCC[C@@H](C)CCC[C@@H](C)CCC[C@@H](C)CCO[C@H](CO)COCC[C@H](C)CCC1. The van der Waals surface area contributed by atoms with Crippen molar-refractivity contribution >= 4 is 0 Å². The normalized spacial score (nSPS) is 36.1. The van der Waals surface area contributed by atoms with Crippen LogP contribution in [0.5, 0.6) is 0 Å². The zero-order valence-electron chi connectivity index (χ0n) is 65.7. The monoisotopic (exact) mass is 1300 g/mol. The van der Waals surface area contributed by atoms with E-state index in [1.54, 1.807) is 0 Å². The topological polar surface area (TPSA) is 77.4 Å². The Labute approximate surface area is 579 Å². The summed E-state index contributed by atoms with van der Waals surface area (Å²) in [5.74, 6) is 12.9. The van der Waals surface area contributed by atoms with Crippen LogP contribution in [0.15, 0.2) is 0 Å². The van der Waals surface area contributed by atoms with Crippen LogP contribution in [0.3, 0.4) is 0 Å². The summed E-state index contributed by atoms with van der Waals surface area (Å²) in [7, 11) is 0. The van der Waals surface area contributed by atoms with Gasteiger partial charge in [0, 0.05) is 26.4 Å². The maximum atomic E-state index is 10.0. The Hall–Kier alpha value is -0.240. The highest BCUT2D eigenvalue weighted by Gasteiger charge is 2.18. The van der Waals surface area contributed by atoms with Gasteiger partial charge in [-0.3, -0.25) is 0 Å². The van der Waals surface area contributed by atoms with Gasteiger partial charge in [-0.1, -0.05) is 368 Å². The van der Waals surface area contributed by atoms with Crippen molar-refractivity contribution in [1.82, 2.24) is 0 Å². The van der Waals surface area contributed by atoms with Crippen LogP contribution in [0.1, 0.15) is 393 Å². The minimum absolute atomic E-state index is 0.0414. The maximum absolute atomic E-state index is 10.0. The molecule has 1 saturated heterocycles. The van der Waals surface area contributed by atoms with E-state index in [1.807, 2.05) is 0 Å². The molecule has 552 valence electrons. The second kappa shape index (κ2) is 60.7. The highest BCUT2D eigenvalue weighted by Crippen LogP contribution is 2.31. The van der Waals surface area contributed by atoms with Gasteiger partial charge in [0.2, 0.25) is 0 Å². The molecule has 0 amide bonds. The molecule has 0 spiro atoms. The van der Waals surface area contributed by atoms with Crippen molar-refractivity contribution in [3.63, 3.8) is 0 Å². The molecule has 0 aromatic rings. The van der Waals surface area contributed by atoms with Crippen LogP contribution in [0.4, 0.5) is 0 Å². The van der Waals surface area contributed by atoms with Gasteiger partial charge < -0.3 is 29.2 Å². The molecule has 1 heterocycles. The first kappa shape index (κ1) is 89.8. The molecule has 18 atom stereocenters. The molecule has 92 heavy (non-hydrogen) atoms. The molecule has 1 aliphatic rings. The average Bonchev–Trinajstić information content (AvgIpc) is 3.70. The van der Waals surface area contributed by atoms with E-state index in [1.165, 1.54) is 257 Å². The molecular weight excluding hydrogens is 1130 g/mol. The highest BCUT2D eigenvalue weighted by molar-refractivity contribution is 4.70. The van der Waals surface area contributed by atoms with Crippen molar-refractivity contribution in [3.05, 3.63) is 0 Å². The van der Waals surface area contributed by atoms with E-state index in [0.717, 1.165) is 123 Å². The summed E-state index contributed by atoms with van der Waals surface area (Å²) in [5, 5.41) is 20.1. The second-order valence-corrected chi connectivity index (χ2v) is 34.7.